The third-order valence-corrected chi connectivity index (χ3v) is 1.82. The molecule has 0 saturated carbocycles. The Hall–Kier alpha value is -0.600. The van der Waals surface area contributed by atoms with Gasteiger partial charge in [-0.1, -0.05) is 23.7 Å². The zero-order valence-corrected chi connectivity index (χ0v) is 6.95. The Kier molecular flexibility index (Phi) is 2.85. The Morgan fingerprint density at radius 1 is 1.55 bits per heavy atom. The van der Waals surface area contributed by atoms with E-state index in [0.717, 1.165) is 5.56 Å². The molecule has 0 radical (unpaired) electrons. The van der Waals surface area contributed by atoms with Crippen LogP contribution in [0.15, 0.2) is 18.2 Å². The Labute approximate surface area is 70.2 Å². The average Bonchev–Trinajstić information content (AvgIpc) is 1.99. The van der Waals surface area contributed by atoms with Crippen LogP contribution in [-0.2, 0) is 6.54 Å². The van der Waals surface area contributed by atoms with E-state index in [9.17, 15) is 4.39 Å². The first-order chi connectivity index (χ1) is 5.25. The largest absolute Gasteiger partial charge is 0.316 e. The molecule has 0 atom stereocenters. The summed E-state index contributed by atoms with van der Waals surface area (Å²) in [6, 6.07) is 4.79. The van der Waals surface area contributed by atoms with E-state index in [1.54, 1.807) is 19.2 Å². The van der Waals surface area contributed by atoms with Gasteiger partial charge in [-0.05, 0) is 18.7 Å². The zero-order valence-electron chi connectivity index (χ0n) is 6.20. The summed E-state index contributed by atoms with van der Waals surface area (Å²) >= 11 is 5.66. The molecule has 0 aliphatic carbocycles. The summed E-state index contributed by atoms with van der Waals surface area (Å²) in [5.41, 5.74) is 0.786. The van der Waals surface area contributed by atoms with E-state index in [-0.39, 0.29) is 10.8 Å². The van der Waals surface area contributed by atoms with Crippen molar-refractivity contribution >= 4 is 11.6 Å². The van der Waals surface area contributed by atoms with Gasteiger partial charge in [0.1, 0.15) is 5.82 Å². The second kappa shape index (κ2) is 3.69. The van der Waals surface area contributed by atoms with Gasteiger partial charge in [0, 0.05) is 6.54 Å². The Bertz CT molecular complexity index is 250. The number of nitrogens with one attached hydrogen (secondary N) is 1. The normalized spacial score (nSPS) is 10.1. The molecule has 0 amide bonds. The van der Waals surface area contributed by atoms with Crippen molar-refractivity contribution in [3.63, 3.8) is 0 Å². The molecule has 1 rings (SSSR count). The predicted molar refractivity (Wildman–Crippen MR) is 44.2 cm³/mol. The first kappa shape index (κ1) is 8.50. The van der Waals surface area contributed by atoms with Crippen molar-refractivity contribution in [3.8, 4) is 0 Å². The molecule has 0 aromatic heterocycles. The van der Waals surface area contributed by atoms with Gasteiger partial charge in [-0.3, -0.25) is 0 Å². The van der Waals surface area contributed by atoms with Crippen LogP contribution in [0, 0.1) is 5.82 Å². The van der Waals surface area contributed by atoms with Gasteiger partial charge in [0.05, 0.1) is 5.02 Å². The van der Waals surface area contributed by atoms with Crippen LogP contribution >= 0.6 is 11.6 Å². The third kappa shape index (κ3) is 1.91. The van der Waals surface area contributed by atoms with E-state index < -0.39 is 0 Å². The second-order valence-electron chi connectivity index (χ2n) is 2.24. The molecule has 1 nitrogen and oxygen atoms in total. The minimum atomic E-state index is -0.362. The molecule has 1 aromatic rings. The number of benzene rings is 1. The van der Waals surface area contributed by atoms with Crippen LogP contribution in [0.3, 0.4) is 0 Å². The van der Waals surface area contributed by atoms with Crippen LogP contribution in [-0.4, -0.2) is 7.05 Å². The van der Waals surface area contributed by atoms with Crippen LogP contribution in [0.2, 0.25) is 5.02 Å². The van der Waals surface area contributed by atoms with Crippen LogP contribution in [0.1, 0.15) is 5.56 Å². The molecular weight excluding hydrogens is 165 g/mol. The molecule has 3 heteroatoms. The van der Waals surface area contributed by atoms with E-state index in [4.69, 9.17) is 11.6 Å². The zero-order chi connectivity index (χ0) is 8.27. The number of halogens is 2. The average molecular weight is 174 g/mol. The van der Waals surface area contributed by atoms with Crippen molar-refractivity contribution in [3.05, 3.63) is 34.6 Å². The molecule has 0 spiro atoms. The van der Waals surface area contributed by atoms with Crippen molar-refractivity contribution in [2.24, 2.45) is 0 Å². The van der Waals surface area contributed by atoms with Gasteiger partial charge in [-0.2, -0.15) is 0 Å². The van der Waals surface area contributed by atoms with Crippen LogP contribution in [0.5, 0.6) is 0 Å². The molecule has 0 aliphatic heterocycles. The highest BCUT2D eigenvalue weighted by Gasteiger charge is 2.02. The van der Waals surface area contributed by atoms with Gasteiger partial charge >= 0.3 is 0 Å². The fourth-order valence-electron chi connectivity index (χ4n) is 0.875. The first-order valence-corrected chi connectivity index (χ1v) is 3.71. The van der Waals surface area contributed by atoms with E-state index in [1.807, 2.05) is 0 Å². The van der Waals surface area contributed by atoms with Gasteiger partial charge < -0.3 is 5.32 Å². The van der Waals surface area contributed by atoms with Crippen molar-refractivity contribution in [2.45, 2.75) is 6.54 Å². The van der Waals surface area contributed by atoms with Crippen LogP contribution in [0.4, 0.5) is 4.39 Å². The molecule has 1 N–H and O–H groups in total. The van der Waals surface area contributed by atoms with E-state index in [0.29, 0.717) is 6.54 Å². The van der Waals surface area contributed by atoms with Crippen molar-refractivity contribution in [1.82, 2.24) is 5.32 Å². The second-order valence-corrected chi connectivity index (χ2v) is 2.62. The van der Waals surface area contributed by atoms with E-state index in [2.05, 4.69) is 5.32 Å². The Balaban J connectivity index is 2.96. The minimum Gasteiger partial charge on any atom is -0.316 e. The number of rotatable bonds is 2. The maximum Gasteiger partial charge on any atom is 0.142 e. The molecule has 1 aromatic carbocycles. The van der Waals surface area contributed by atoms with Crippen LogP contribution < -0.4 is 5.32 Å². The predicted octanol–water partition coefficient (Wildman–Crippen LogP) is 2.20. The fourth-order valence-corrected chi connectivity index (χ4v) is 1.07. The molecule has 0 fully saturated rings. The topological polar surface area (TPSA) is 12.0 Å². The maximum atomic E-state index is 12.7. The summed E-state index contributed by atoms with van der Waals surface area (Å²) in [6.45, 7) is 0.594. The third-order valence-electron chi connectivity index (χ3n) is 1.40. The van der Waals surface area contributed by atoms with E-state index in [1.165, 1.54) is 6.07 Å². The van der Waals surface area contributed by atoms with Gasteiger partial charge in [-0.15, -0.1) is 0 Å². The molecule has 0 saturated heterocycles. The highest BCUT2D eigenvalue weighted by atomic mass is 35.5. The maximum absolute atomic E-state index is 12.7. The number of hydrogen-bond acceptors (Lipinski definition) is 1. The lowest BCUT2D eigenvalue weighted by Crippen LogP contribution is -2.05. The summed E-state index contributed by atoms with van der Waals surface area (Å²) in [5.74, 6) is -0.362. The Morgan fingerprint density at radius 3 is 2.91 bits per heavy atom. The summed E-state index contributed by atoms with van der Waals surface area (Å²) in [4.78, 5) is 0. The molecule has 0 unspecified atom stereocenters. The molecule has 0 aliphatic rings. The van der Waals surface area contributed by atoms with Crippen molar-refractivity contribution in [2.75, 3.05) is 7.05 Å². The highest BCUT2D eigenvalue weighted by molar-refractivity contribution is 6.31. The molecule has 60 valence electrons. The van der Waals surface area contributed by atoms with E-state index >= 15 is 0 Å². The highest BCUT2D eigenvalue weighted by Crippen LogP contribution is 2.18. The smallest absolute Gasteiger partial charge is 0.142 e. The van der Waals surface area contributed by atoms with Crippen molar-refractivity contribution in [1.29, 1.82) is 0 Å². The van der Waals surface area contributed by atoms with Crippen LogP contribution in [0.25, 0.3) is 0 Å². The summed E-state index contributed by atoms with van der Waals surface area (Å²) in [6.07, 6.45) is 0. The molecule has 0 heterocycles. The Morgan fingerprint density at radius 2 is 2.27 bits per heavy atom. The SMILES string of the molecule is CNCc1cccc(F)c1Cl. The molecule has 0 bridgehead atoms. The van der Waals surface area contributed by atoms with Gasteiger partial charge in [0.15, 0.2) is 0 Å². The van der Waals surface area contributed by atoms with Gasteiger partial charge in [-0.25, -0.2) is 4.39 Å². The summed E-state index contributed by atoms with van der Waals surface area (Å²) in [5, 5.41) is 3.11. The quantitative estimate of drug-likeness (QED) is 0.723. The standard InChI is InChI=1S/C8H9ClFN/c1-11-5-6-3-2-4-7(10)8(6)9/h2-4,11H,5H2,1H3. The summed E-state index contributed by atoms with van der Waals surface area (Å²) < 4.78 is 12.7. The lowest BCUT2D eigenvalue weighted by molar-refractivity contribution is 0.624. The van der Waals surface area contributed by atoms with Gasteiger partial charge in [0.25, 0.3) is 0 Å². The lowest BCUT2D eigenvalue weighted by atomic mass is 10.2. The number of hydrogen-bond donors (Lipinski definition) is 1. The van der Waals surface area contributed by atoms with Crippen molar-refractivity contribution < 1.29 is 4.39 Å². The van der Waals surface area contributed by atoms with Gasteiger partial charge in [0.2, 0.25) is 0 Å². The fraction of sp³-hybridized carbons (Fsp3) is 0.250. The monoisotopic (exact) mass is 173 g/mol. The molecular formula is C8H9ClFN. The molecule has 11 heavy (non-hydrogen) atoms. The summed E-state index contributed by atoms with van der Waals surface area (Å²) in [7, 11) is 1.79. The first-order valence-electron chi connectivity index (χ1n) is 3.33. The minimum absolute atomic E-state index is 0.210. The lowest BCUT2D eigenvalue weighted by Gasteiger charge is -2.02.